The summed E-state index contributed by atoms with van der Waals surface area (Å²) in [6, 6.07) is 10.5. The SMILES string of the molecule is CCNC(=O)c1ccc(C)c(NC(=O)C2CC(=O)N(c3ccc4c(c3)OCO4)C2)c1. The van der Waals surface area contributed by atoms with Crippen LogP contribution in [0.5, 0.6) is 11.5 Å². The average Bonchev–Trinajstić information content (AvgIpc) is 3.35. The zero-order chi connectivity index (χ0) is 21.3. The van der Waals surface area contributed by atoms with E-state index in [1.54, 1.807) is 41.3 Å². The van der Waals surface area contributed by atoms with Crippen molar-refractivity contribution >= 4 is 29.1 Å². The molecule has 156 valence electrons. The van der Waals surface area contributed by atoms with Gasteiger partial charge in [-0.3, -0.25) is 14.4 Å². The summed E-state index contributed by atoms with van der Waals surface area (Å²) in [5.74, 6) is 0.172. The lowest BCUT2D eigenvalue weighted by molar-refractivity contribution is -0.122. The minimum Gasteiger partial charge on any atom is -0.454 e. The number of fused-ring (bicyclic) bond motifs is 1. The van der Waals surface area contributed by atoms with Crippen molar-refractivity contribution in [3.63, 3.8) is 0 Å². The van der Waals surface area contributed by atoms with E-state index in [2.05, 4.69) is 10.6 Å². The molecule has 2 heterocycles. The highest BCUT2D eigenvalue weighted by Crippen LogP contribution is 2.37. The van der Waals surface area contributed by atoms with E-state index in [0.29, 0.717) is 35.0 Å². The van der Waals surface area contributed by atoms with Crippen LogP contribution in [-0.2, 0) is 9.59 Å². The van der Waals surface area contributed by atoms with Gasteiger partial charge in [0.05, 0.1) is 5.92 Å². The Morgan fingerprint density at radius 3 is 2.73 bits per heavy atom. The standard InChI is InChI=1S/C22H23N3O5/c1-3-23-21(27)14-5-4-13(2)17(8-14)24-22(28)15-9-20(26)25(11-15)16-6-7-18-19(10-16)30-12-29-18/h4-8,10,15H,3,9,11-12H2,1-2H3,(H,23,27)(H,24,28). The molecule has 8 nitrogen and oxygen atoms in total. The lowest BCUT2D eigenvalue weighted by Crippen LogP contribution is -2.28. The van der Waals surface area contributed by atoms with Crippen LogP contribution in [0, 0.1) is 12.8 Å². The summed E-state index contributed by atoms with van der Waals surface area (Å²) in [7, 11) is 0. The first-order chi connectivity index (χ1) is 14.5. The van der Waals surface area contributed by atoms with Crippen LogP contribution >= 0.6 is 0 Å². The Labute approximate surface area is 174 Å². The molecule has 2 aliphatic rings. The lowest BCUT2D eigenvalue weighted by atomic mass is 10.1. The van der Waals surface area contributed by atoms with Gasteiger partial charge in [0.25, 0.3) is 5.91 Å². The van der Waals surface area contributed by atoms with Gasteiger partial charge in [0.2, 0.25) is 18.6 Å². The normalized spacial score (nSPS) is 17.2. The Hall–Kier alpha value is -3.55. The molecule has 1 saturated heterocycles. The molecule has 0 aliphatic carbocycles. The predicted octanol–water partition coefficient (Wildman–Crippen LogP) is 2.47. The third kappa shape index (κ3) is 3.80. The number of amides is 3. The second-order valence-electron chi connectivity index (χ2n) is 7.32. The first-order valence-corrected chi connectivity index (χ1v) is 9.86. The molecule has 0 spiro atoms. The van der Waals surface area contributed by atoms with E-state index in [9.17, 15) is 14.4 Å². The van der Waals surface area contributed by atoms with Crippen molar-refractivity contribution in [1.82, 2.24) is 5.32 Å². The van der Waals surface area contributed by atoms with Gasteiger partial charge >= 0.3 is 0 Å². The van der Waals surface area contributed by atoms with Gasteiger partial charge in [-0.1, -0.05) is 6.07 Å². The van der Waals surface area contributed by atoms with Crippen molar-refractivity contribution in [3.8, 4) is 11.5 Å². The highest BCUT2D eigenvalue weighted by molar-refractivity contribution is 6.04. The van der Waals surface area contributed by atoms with E-state index in [0.717, 1.165) is 5.56 Å². The van der Waals surface area contributed by atoms with Gasteiger partial charge in [-0.05, 0) is 43.7 Å². The van der Waals surface area contributed by atoms with Crippen molar-refractivity contribution in [3.05, 3.63) is 47.5 Å². The van der Waals surface area contributed by atoms with Crippen molar-refractivity contribution in [2.45, 2.75) is 20.3 Å². The summed E-state index contributed by atoms with van der Waals surface area (Å²) in [6.45, 7) is 4.66. The van der Waals surface area contributed by atoms with Gasteiger partial charge in [-0.15, -0.1) is 0 Å². The van der Waals surface area contributed by atoms with Gasteiger partial charge in [0.15, 0.2) is 11.5 Å². The van der Waals surface area contributed by atoms with Crippen LogP contribution in [0.25, 0.3) is 0 Å². The van der Waals surface area contributed by atoms with Crippen LogP contribution in [0.3, 0.4) is 0 Å². The molecule has 2 aromatic carbocycles. The molecule has 0 radical (unpaired) electrons. The van der Waals surface area contributed by atoms with E-state index in [4.69, 9.17) is 9.47 Å². The fourth-order valence-corrected chi connectivity index (χ4v) is 3.58. The van der Waals surface area contributed by atoms with E-state index in [1.165, 1.54) is 0 Å². The highest BCUT2D eigenvalue weighted by Gasteiger charge is 2.36. The lowest BCUT2D eigenvalue weighted by Gasteiger charge is -2.17. The molecule has 1 fully saturated rings. The quantitative estimate of drug-likeness (QED) is 0.791. The van der Waals surface area contributed by atoms with Crippen LogP contribution in [-0.4, -0.2) is 37.6 Å². The predicted molar refractivity (Wildman–Crippen MR) is 111 cm³/mol. The summed E-state index contributed by atoms with van der Waals surface area (Å²) in [5, 5.41) is 5.62. The number of aryl methyl sites for hydroxylation is 1. The van der Waals surface area contributed by atoms with E-state index in [-0.39, 0.29) is 37.5 Å². The van der Waals surface area contributed by atoms with Crippen molar-refractivity contribution in [2.24, 2.45) is 5.92 Å². The Balaban J connectivity index is 1.47. The molecule has 2 N–H and O–H groups in total. The molecule has 8 heteroatoms. The minimum absolute atomic E-state index is 0.120. The van der Waals surface area contributed by atoms with Crippen molar-refractivity contribution in [2.75, 3.05) is 30.1 Å². The molecule has 2 aromatic rings. The fourth-order valence-electron chi connectivity index (χ4n) is 3.58. The Morgan fingerprint density at radius 2 is 1.93 bits per heavy atom. The zero-order valence-electron chi connectivity index (χ0n) is 16.9. The zero-order valence-corrected chi connectivity index (χ0v) is 16.9. The second kappa shape index (κ2) is 8.06. The van der Waals surface area contributed by atoms with Gasteiger partial charge < -0.3 is 25.0 Å². The van der Waals surface area contributed by atoms with Crippen LogP contribution in [0.4, 0.5) is 11.4 Å². The maximum Gasteiger partial charge on any atom is 0.251 e. The topological polar surface area (TPSA) is 97.0 Å². The highest BCUT2D eigenvalue weighted by atomic mass is 16.7. The molecule has 4 rings (SSSR count). The average molecular weight is 409 g/mol. The number of hydrogen-bond acceptors (Lipinski definition) is 5. The van der Waals surface area contributed by atoms with Gasteiger partial charge in [0.1, 0.15) is 0 Å². The molecular formula is C22H23N3O5. The van der Waals surface area contributed by atoms with Crippen molar-refractivity contribution < 1.29 is 23.9 Å². The minimum atomic E-state index is -0.490. The number of anilines is 2. The number of ether oxygens (including phenoxy) is 2. The molecule has 2 aliphatic heterocycles. The number of hydrogen-bond donors (Lipinski definition) is 2. The maximum absolute atomic E-state index is 12.8. The number of nitrogens with one attached hydrogen (secondary N) is 2. The fraction of sp³-hybridized carbons (Fsp3) is 0.318. The number of carbonyl (C=O) groups is 3. The Morgan fingerprint density at radius 1 is 1.13 bits per heavy atom. The molecular weight excluding hydrogens is 386 g/mol. The Bertz CT molecular complexity index is 1020. The van der Waals surface area contributed by atoms with E-state index in [1.807, 2.05) is 13.8 Å². The molecule has 0 bridgehead atoms. The first kappa shape index (κ1) is 19.8. The molecule has 0 aromatic heterocycles. The van der Waals surface area contributed by atoms with Crippen LogP contribution in [0.1, 0.15) is 29.3 Å². The maximum atomic E-state index is 12.8. The Kier molecular flexibility index (Phi) is 5.31. The largest absolute Gasteiger partial charge is 0.454 e. The molecule has 30 heavy (non-hydrogen) atoms. The third-order valence-electron chi connectivity index (χ3n) is 5.26. The van der Waals surface area contributed by atoms with Crippen LogP contribution < -0.4 is 25.0 Å². The van der Waals surface area contributed by atoms with Crippen molar-refractivity contribution in [1.29, 1.82) is 0 Å². The van der Waals surface area contributed by atoms with Crippen LogP contribution in [0.2, 0.25) is 0 Å². The number of benzene rings is 2. The monoisotopic (exact) mass is 409 g/mol. The molecule has 1 atom stereocenters. The number of rotatable bonds is 5. The van der Waals surface area contributed by atoms with Gasteiger partial charge in [-0.2, -0.15) is 0 Å². The number of carbonyl (C=O) groups excluding carboxylic acids is 3. The third-order valence-corrected chi connectivity index (χ3v) is 5.26. The molecule has 3 amide bonds. The van der Waals surface area contributed by atoms with Crippen LogP contribution in [0.15, 0.2) is 36.4 Å². The second-order valence-corrected chi connectivity index (χ2v) is 7.32. The summed E-state index contributed by atoms with van der Waals surface area (Å²) >= 11 is 0. The smallest absolute Gasteiger partial charge is 0.251 e. The summed E-state index contributed by atoms with van der Waals surface area (Å²) in [5.41, 5.74) is 2.56. The summed E-state index contributed by atoms with van der Waals surface area (Å²) in [4.78, 5) is 39.1. The van der Waals surface area contributed by atoms with Gasteiger partial charge in [0, 0.05) is 42.5 Å². The molecule has 1 unspecified atom stereocenters. The first-order valence-electron chi connectivity index (χ1n) is 9.86. The number of nitrogens with zero attached hydrogens (tertiary/aromatic N) is 1. The summed E-state index contributed by atoms with van der Waals surface area (Å²) in [6.07, 6.45) is 0.120. The molecule has 0 saturated carbocycles. The summed E-state index contributed by atoms with van der Waals surface area (Å²) < 4.78 is 10.7. The van der Waals surface area contributed by atoms with E-state index >= 15 is 0 Å². The van der Waals surface area contributed by atoms with E-state index < -0.39 is 5.92 Å². The van der Waals surface area contributed by atoms with Gasteiger partial charge in [-0.25, -0.2) is 0 Å².